The monoisotopic (exact) mass is 234 g/mol. The smallest absolute Gasteiger partial charge is 0.269 e. The Morgan fingerprint density at radius 2 is 2.00 bits per heavy atom. The summed E-state index contributed by atoms with van der Waals surface area (Å²) < 4.78 is 0. The van der Waals surface area contributed by atoms with E-state index in [1.54, 1.807) is 12.1 Å². The molecule has 0 saturated heterocycles. The van der Waals surface area contributed by atoms with Crippen LogP contribution in [0.25, 0.3) is 0 Å². The van der Waals surface area contributed by atoms with E-state index in [1.807, 2.05) is 6.07 Å². The molecule has 0 aliphatic heterocycles. The lowest BCUT2D eigenvalue weighted by Crippen LogP contribution is -2.27. The third kappa shape index (κ3) is 2.82. The van der Waals surface area contributed by atoms with Crippen molar-refractivity contribution >= 4 is 5.69 Å². The van der Waals surface area contributed by atoms with E-state index in [0.717, 1.165) is 18.4 Å². The standard InChI is InChI=1S/C13H18N2O2/c14-13-8-3-1-2-7-12(13)10-5-4-6-11(9-10)15(16)17/h4-6,9,12-13H,1-3,7-8,14H2. The summed E-state index contributed by atoms with van der Waals surface area (Å²) in [5, 5.41) is 10.8. The number of rotatable bonds is 2. The predicted octanol–water partition coefficient (Wildman–Crippen LogP) is 2.97. The summed E-state index contributed by atoms with van der Waals surface area (Å²) in [6.07, 6.45) is 5.63. The molecule has 0 bridgehead atoms. The predicted molar refractivity (Wildman–Crippen MR) is 66.9 cm³/mol. The van der Waals surface area contributed by atoms with Crippen LogP contribution in [-0.2, 0) is 0 Å². The van der Waals surface area contributed by atoms with Gasteiger partial charge >= 0.3 is 0 Å². The van der Waals surface area contributed by atoms with Gasteiger partial charge in [-0.3, -0.25) is 10.1 Å². The van der Waals surface area contributed by atoms with E-state index in [1.165, 1.54) is 25.3 Å². The number of hydrogen-bond donors (Lipinski definition) is 1. The largest absolute Gasteiger partial charge is 0.327 e. The highest BCUT2D eigenvalue weighted by atomic mass is 16.6. The molecule has 1 aromatic carbocycles. The number of nitrogens with two attached hydrogens (primary N) is 1. The van der Waals surface area contributed by atoms with Crippen molar-refractivity contribution in [2.45, 2.75) is 44.1 Å². The van der Waals surface area contributed by atoms with Crippen LogP contribution in [-0.4, -0.2) is 11.0 Å². The van der Waals surface area contributed by atoms with E-state index < -0.39 is 0 Å². The molecule has 0 spiro atoms. The van der Waals surface area contributed by atoms with Gasteiger partial charge in [0.2, 0.25) is 0 Å². The minimum Gasteiger partial charge on any atom is -0.327 e. The molecule has 0 aromatic heterocycles. The number of nitro groups is 1. The molecule has 92 valence electrons. The Hall–Kier alpha value is -1.42. The summed E-state index contributed by atoms with van der Waals surface area (Å²) in [6.45, 7) is 0. The molecule has 2 rings (SSSR count). The van der Waals surface area contributed by atoms with Crippen molar-refractivity contribution < 1.29 is 4.92 Å². The molecule has 4 nitrogen and oxygen atoms in total. The molecule has 0 heterocycles. The van der Waals surface area contributed by atoms with Gasteiger partial charge in [0.05, 0.1) is 4.92 Å². The van der Waals surface area contributed by atoms with Crippen molar-refractivity contribution in [1.82, 2.24) is 0 Å². The Morgan fingerprint density at radius 3 is 2.76 bits per heavy atom. The van der Waals surface area contributed by atoms with Gasteiger partial charge < -0.3 is 5.73 Å². The van der Waals surface area contributed by atoms with Gasteiger partial charge in [0.25, 0.3) is 5.69 Å². The van der Waals surface area contributed by atoms with Crippen LogP contribution in [0, 0.1) is 10.1 Å². The lowest BCUT2D eigenvalue weighted by molar-refractivity contribution is -0.384. The highest BCUT2D eigenvalue weighted by Crippen LogP contribution is 2.32. The molecule has 1 aliphatic rings. The summed E-state index contributed by atoms with van der Waals surface area (Å²) in [6, 6.07) is 7.06. The average Bonchev–Trinajstić information content (AvgIpc) is 2.54. The summed E-state index contributed by atoms with van der Waals surface area (Å²) >= 11 is 0. The SMILES string of the molecule is NC1CCCCCC1c1cccc([N+](=O)[O-])c1. The summed E-state index contributed by atoms with van der Waals surface area (Å²) in [4.78, 5) is 10.4. The topological polar surface area (TPSA) is 69.2 Å². The van der Waals surface area contributed by atoms with Gasteiger partial charge in [-0.05, 0) is 24.3 Å². The average molecular weight is 234 g/mol. The molecule has 1 saturated carbocycles. The maximum absolute atomic E-state index is 10.8. The Balaban J connectivity index is 2.25. The second-order valence-corrected chi connectivity index (χ2v) is 4.76. The maximum Gasteiger partial charge on any atom is 0.269 e. The third-order valence-electron chi connectivity index (χ3n) is 3.58. The molecule has 0 amide bonds. The van der Waals surface area contributed by atoms with Crippen molar-refractivity contribution in [3.8, 4) is 0 Å². The van der Waals surface area contributed by atoms with Crippen LogP contribution < -0.4 is 5.73 Å². The lowest BCUT2D eigenvalue weighted by Gasteiger charge is -2.21. The van der Waals surface area contributed by atoms with Crippen LogP contribution in [0.1, 0.15) is 43.6 Å². The fourth-order valence-corrected chi connectivity index (χ4v) is 2.62. The van der Waals surface area contributed by atoms with Crippen LogP contribution in [0.4, 0.5) is 5.69 Å². The Bertz CT molecular complexity index is 406. The maximum atomic E-state index is 10.8. The van der Waals surface area contributed by atoms with E-state index in [4.69, 9.17) is 5.73 Å². The minimum absolute atomic E-state index is 0.138. The first-order valence-corrected chi connectivity index (χ1v) is 6.18. The van der Waals surface area contributed by atoms with Crippen LogP contribution in [0.5, 0.6) is 0 Å². The molecule has 1 fully saturated rings. The van der Waals surface area contributed by atoms with Gasteiger partial charge in [-0.15, -0.1) is 0 Å². The molecule has 4 heteroatoms. The van der Waals surface area contributed by atoms with Gasteiger partial charge in [0.1, 0.15) is 0 Å². The number of non-ortho nitro benzene ring substituents is 1. The van der Waals surface area contributed by atoms with Gasteiger partial charge in [-0.2, -0.15) is 0 Å². The quantitative estimate of drug-likeness (QED) is 0.486. The van der Waals surface area contributed by atoms with Gasteiger partial charge in [-0.25, -0.2) is 0 Å². The van der Waals surface area contributed by atoms with Gasteiger partial charge in [-0.1, -0.05) is 31.4 Å². The van der Waals surface area contributed by atoms with Gasteiger partial charge in [0.15, 0.2) is 0 Å². The van der Waals surface area contributed by atoms with Crippen molar-refractivity contribution in [2.24, 2.45) is 5.73 Å². The van der Waals surface area contributed by atoms with Crippen molar-refractivity contribution in [1.29, 1.82) is 0 Å². The number of hydrogen-bond acceptors (Lipinski definition) is 3. The van der Waals surface area contributed by atoms with Crippen LogP contribution in [0.15, 0.2) is 24.3 Å². The van der Waals surface area contributed by atoms with Crippen LogP contribution >= 0.6 is 0 Å². The third-order valence-corrected chi connectivity index (χ3v) is 3.58. The summed E-state index contributed by atoms with van der Waals surface area (Å²) in [5.41, 5.74) is 7.35. The Kier molecular flexibility index (Phi) is 3.74. The van der Waals surface area contributed by atoms with E-state index >= 15 is 0 Å². The second kappa shape index (κ2) is 5.27. The normalized spacial score (nSPS) is 25.2. The number of nitrogens with zero attached hydrogens (tertiary/aromatic N) is 1. The number of nitro benzene ring substituents is 1. The van der Waals surface area contributed by atoms with Crippen molar-refractivity contribution in [2.75, 3.05) is 0 Å². The fraction of sp³-hybridized carbons (Fsp3) is 0.538. The zero-order chi connectivity index (χ0) is 12.3. The van der Waals surface area contributed by atoms with E-state index in [2.05, 4.69) is 0 Å². The first-order valence-electron chi connectivity index (χ1n) is 6.18. The van der Waals surface area contributed by atoms with Crippen molar-refractivity contribution in [3.05, 3.63) is 39.9 Å². The molecule has 2 atom stereocenters. The highest BCUT2D eigenvalue weighted by molar-refractivity contribution is 5.36. The molecule has 17 heavy (non-hydrogen) atoms. The summed E-state index contributed by atoms with van der Waals surface area (Å²) in [7, 11) is 0. The Morgan fingerprint density at radius 1 is 1.24 bits per heavy atom. The van der Waals surface area contributed by atoms with Crippen LogP contribution in [0.2, 0.25) is 0 Å². The molecular formula is C13H18N2O2. The minimum atomic E-state index is -0.342. The Labute approximate surface area is 101 Å². The first kappa shape index (κ1) is 12.0. The fourth-order valence-electron chi connectivity index (χ4n) is 2.62. The van der Waals surface area contributed by atoms with E-state index in [0.29, 0.717) is 0 Å². The highest BCUT2D eigenvalue weighted by Gasteiger charge is 2.23. The lowest BCUT2D eigenvalue weighted by atomic mass is 9.88. The molecule has 2 N–H and O–H groups in total. The molecular weight excluding hydrogens is 216 g/mol. The molecule has 2 unspecified atom stereocenters. The summed E-state index contributed by atoms with van der Waals surface area (Å²) in [5.74, 6) is 0.275. The van der Waals surface area contributed by atoms with E-state index in [9.17, 15) is 10.1 Å². The van der Waals surface area contributed by atoms with Crippen molar-refractivity contribution in [3.63, 3.8) is 0 Å². The van der Waals surface area contributed by atoms with E-state index in [-0.39, 0.29) is 22.6 Å². The first-order chi connectivity index (χ1) is 8.18. The number of benzene rings is 1. The van der Waals surface area contributed by atoms with Gasteiger partial charge in [0, 0.05) is 18.2 Å². The zero-order valence-corrected chi connectivity index (χ0v) is 9.84. The molecule has 0 radical (unpaired) electrons. The molecule has 1 aliphatic carbocycles. The molecule has 1 aromatic rings. The zero-order valence-electron chi connectivity index (χ0n) is 9.84. The van der Waals surface area contributed by atoms with Crippen LogP contribution in [0.3, 0.4) is 0 Å². The second-order valence-electron chi connectivity index (χ2n) is 4.76.